The summed E-state index contributed by atoms with van der Waals surface area (Å²) in [7, 11) is 0. The van der Waals surface area contributed by atoms with E-state index in [0.717, 1.165) is 50.3 Å². The maximum Gasteiger partial charge on any atom is 0.0964 e. The summed E-state index contributed by atoms with van der Waals surface area (Å²) in [5.41, 5.74) is 7.03. The van der Waals surface area contributed by atoms with E-state index in [2.05, 4.69) is 99.5 Å². The van der Waals surface area contributed by atoms with Crippen LogP contribution in [-0.4, -0.2) is 19.5 Å². The molecule has 0 unspecified atom stereocenters. The van der Waals surface area contributed by atoms with Crippen LogP contribution in [0, 0.1) is 12.1 Å². The fourth-order valence-electron chi connectivity index (χ4n) is 5.63. The summed E-state index contributed by atoms with van der Waals surface area (Å²) in [6.45, 7) is 0. The van der Waals surface area contributed by atoms with Gasteiger partial charge in [0, 0.05) is 42.1 Å². The third-order valence-electron chi connectivity index (χ3n) is 7.62. The van der Waals surface area contributed by atoms with Crippen LogP contribution in [-0.2, 0) is 20.1 Å². The van der Waals surface area contributed by atoms with E-state index in [1.54, 1.807) is 17.5 Å². The zero-order valence-corrected chi connectivity index (χ0v) is 27.1. The summed E-state index contributed by atoms with van der Waals surface area (Å²) in [5, 5.41) is 3.61. The van der Waals surface area contributed by atoms with Gasteiger partial charge in [-0.2, -0.15) is 11.3 Å². The molecule has 0 atom stereocenters. The van der Waals surface area contributed by atoms with Crippen LogP contribution in [0.1, 0.15) is 0 Å². The van der Waals surface area contributed by atoms with Gasteiger partial charge in [-0.25, -0.2) is 0 Å². The van der Waals surface area contributed by atoms with Gasteiger partial charge in [-0.05, 0) is 46.1 Å². The third-order valence-corrected chi connectivity index (χ3v) is 8.82. The van der Waals surface area contributed by atoms with E-state index < -0.39 is 0 Å². The number of benzene rings is 5. The van der Waals surface area contributed by atoms with Gasteiger partial charge >= 0.3 is 0 Å². The van der Waals surface area contributed by atoms with Gasteiger partial charge in [-0.15, -0.1) is 54.1 Å². The molecule has 1 radical (unpaired) electrons. The first-order chi connectivity index (χ1) is 21.8. The maximum absolute atomic E-state index is 5.11. The Morgan fingerprint density at radius 2 is 1.38 bits per heavy atom. The van der Waals surface area contributed by atoms with Gasteiger partial charge in [0.25, 0.3) is 0 Å². The topological polar surface area (TPSA) is 43.6 Å². The molecule has 0 aliphatic carbocycles. The van der Waals surface area contributed by atoms with E-state index in [1.165, 1.54) is 20.2 Å². The standard InChI is InChI=1S/C28H16N3S.C11H8N.Ir/c1-2-9-18(10-3-1)31-26-21-12-4-6-15-23(21)29-17-24(26)30-28(31)22-14-8-13-20-19-11-5-7-16-25(19)32-27(20)22;1-2-6-10(7-3-1)11-8-4-5-9-12-11;/h1-13,15-17H;1-6,8-9H;/q2*-1;. The van der Waals surface area contributed by atoms with Crippen molar-refractivity contribution in [2.24, 2.45) is 0 Å². The molecule has 0 aliphatic rings. The monoisotopic (exact) mass is 773 g/mol. The van der Waals surface area contributed by atoms with Crippen LogP contribution >= 0.6 is 11.3 Å². The minimum atomic E-state index is 0. The number of aromatic nitrogens is 4. The number of hydrogen-bond acceptors (Lipinski definition) is 4. The average Bonchev–Trinajstić information content (AvgIpc) is 3.69. The molecule has 4 aromatic heterocycles. The Kier molecular flexibility index (Phi) is 8.02. The molecule has 4 heterocycles. The number of imidazole rings is 1. The SMILES string of the molecule is [Ir].[c-]1ccc2c(sc3ccccc32)c1-c1nc2cnc3ccccc3c2n1-c1ccccc1.[c-]1ccccc1-c1ccccn1. The van der Waals surface area contributed by atoms with Crippen molar-refractivity contribution >= 4 is 53.4 Å². The third kappa shape index (κ3) is 5.34. The van der Waals surface area contributed by atoms with E-state index >= 15 is 0 Å². The van der Waals surface area contributed by atoms with Gasteiger partial charge in [0.1, 0.15) is 0 Å². The number of pyridine rings is 2. The Morgan fingerprint density at radius 1 is 0.600 bits per heavy atom. The molecular weight excluding hydrogens is 749 g/mol. The molecule has 0 spiro atoms. The van der Waals surface area contributed by atoms with E-state index in [0.29, 0.717) is 0 Å². The number of rotatable bonds is 3. The number of nitrogens with zero attached hydrogens (tertiary/aromatic N) is 4. The average molecular weight is 773 g/mol. The molecule has 9 aromatic rings. The Labute approximate surface area is 278 Å². The minimum absolute atomic E-state index is 0. The molecule has 9 rings (SSSR count). The van der Waals surface area contributed by atoms with Crippen LogP contribution in [0.15, 0.2) is 146 Å². The molecule has 0 saturated heterocycles. The molecule has 0 bridgehead atoms. The number of fused-ring (bicyclic) bond motifs is 6. The molecule has 0 N–H and O–H groups in total. The summed E-state index contributed by atoms with van der Waals surface area (Å²) >= 11 is 1.80. The van der Waals surface area contributed by atoms with Gasteiger partial charge in [0.2, 0.25) is 0 Å². The Bertz CT molecular complexity index is 2350. The summed E-state index contributed by atoms with van der Waals surface area (Å²) in [5.74, 6) is 0.890. The van der Waals surface area contributed by atoms with Crippen LogP contribution in [0.3, 0.4) is 0 Å². The first-order valence-electron chi connectivity index (χ1n) is 14.4. The van der Waals surface area contributed by atoms with E-state index in [-0.39, 0.29) is 20.1 Å². The van der Waals surface area contributed by atoms with Crippen molar-refractivity contribution in [3.63, 3.8) is 0 Å². The second-order valence-corrected chi connectivity index (χ2v) is 11.4. The number of thiophene rings is 1. The predicted octanol–water partition coefficient (Wildman–Crippen LogP) is 9.96. The van der Waals surface area contributed by atoms with Crippen molar-refractivity contribution in [1.29, 1.82) is 0 Å². The molecule has 0 saturated carbocycles. The molecule has 4 nitrogen and oxygen atoms in total. The van der Waals surface area contributed by atoms with E-state index in [1.807, 2.05) is 66.9 Å². The molecular formula is C39H24IrN4S-2. The molecule has 0 fully saturated rings. The van der Waals surface area contributed by atoms with Crippen molar-refractivity contribution < 1.29 is 20.1 Å². The molecule has 217 valence electrons. The zero-order valence-electron chi connectivity index (χ0n) is 23.9. The Morgan fingerprint density at radius 3 is 2.20 bits per heavy atom. The molecule has 0 amide bonds. The van der Waals surface area contributed by atoms with Crippen molar-refractivity contribution in [2.45, 2.75) is 0 Å². The predicted molar refractivity (Wildman–Crippen MR) is 182 cm³/mol. The summed E-state index contributed by atoms with van der Waals surface area (Å²) in [6, 6.07) is 51.8. The van der Waals surface area contributed by atoms with Gasteiger partial charge < -0.3 is 9.55 Å². The second-order valence-electron chi connectivity index (χ2n) is 10.3. The van der Waals surface area contributed by atoms with Crippen LogP contribution < -0.4 is 0 Å². The summed E-state index contributed by atoms with van der Waals surface area (Å²) < 4.78 is 4.74. The molecule has 6 heteroatoms. The smallest absolute Gasteiger partial charge is 0.0964 e. The number of para-hydroxylation sites is 2. The zero-order chi connectivity index (χ0) is 29.3. The normalized spacial score (nSPS) is 10.9. The maximum atomic E-state index is 5.11. The molecule has 0 aliphatic heterocycles. The largest absolute Gasteiger partial charge is 0.332 e. The van der Waals surface area contributed by atoms with E-state index in [9.17, 15) is 0 Å². The van der Waals surface area contributed by atoms with Crippen LogP contribution in [0.5, 0.6) is 0 Å². The van der Waals surface area contributed by atoms with Crippen molar-refractivity contribution in [1.82, 2.24) is 19.5 Å². The summed E-state index contributed by atoms with van der Waals surface area (Å²) in [4.78, 5) is 14.0. The van der Waals surface area contributed by atoms with E-state index in [4.69, 9.17) is 4.98 Å². The fraction of sp³-hybridized carbons (Fsp3) is 0. The van der Waals surface area contributed by atoms with Crippen LogP contribution in [0.2, 0.25) is 0 Å². The fourth-order valence-corrected chi connectivity index (χ4v) is 6.83. The van der Waals surface area contributed by atoms with Crippen LogP contribution in [0.4, 0.5) is 0 Å². The molecule has 5 aromatic carbocycles. The van der Waals surface area contributed by atoms with Gasteiger partial charge in [-0.1, -0.05) is 77.7 Å². The van der Waals surface area contributed by atoms with Gasteiger partial charge in [0.05, 0.1) is 28.6 Å². The number of hydrogen-bond donors (Lipinski definition) is 0. The first kappa shape index (κ1) is 28.8. The Balaban J connectivity index is 0.000000211. The minimum Gasteiger partial charge on any atom is -0.332 e. The molecule has 45 heavy (non-hydrogen) atoms. The summed E-state index contributed by atoms with van der Waals surface area (Å²) in [6.07, 6.45) is 3.67. The van der Waals surface area contributed by atoms with Crippen molar-refractivity contribution in [2.75, 3.05) is 0 Å². The van der Waals surface area contributed by atoms with Crippen molar-refractivity contribution in [3.8, 4) is 28.3 Å². The van der Waals surface area contributed by atoms with Crippen molar-refractivity contribution in [3.05, 3.63) is 158 Å². The Hall–Kier alpha value is -5.00. The van der Waals surface area contributed by atoms with Gasteiger partial charge in [0.15, 0.2) is 0 Å². The van der Waals surface area contributed by atoms with Gasteiger partial charge in [-0.3, -0.25) is 9.97 Å². The first-order valence-corrected chi connectivity index (χ1v) is 15.2. The second kappa shape index (κ2) is 12.5. The quantitative estimate of drug-likeness (QED) is 0.168. The van der Waals surface area contributed by atoms with Crippen LogP contribution in [0.25, 0.3) is 70.4 Å².